The highest BCUT2D eigenvalue weighted by atomic mass is 32.2. The van der Waals surface area contributed by atoms with Crippen LogP contribution in [0.15, 0.2) is 41.7 Å². The molecule has 0 bridgehead atoms. The van der Waals surface area contributed by atoms with Gasteiger partial charge in [0.1, 0.15) is 5.56 Å². The Labute approximate surface area is 160 Å². The van der Waals surface area contributed by atoms with Gasteiger partial charge in [-0.3, -0.25) is 4.79 Å². The Bertz CT molecular complexity index is 1100. The molecule has 0 amide bonds. The third-order valence-corrected chi connectivity index (χ3v) is 5.77. The first-order valence-corrected chi connectivity index (χ1v) is 11.1. The number of aryl methyl sites for hydroxylation is 1. The fourth-order valence-corrected chi connectivity index (χ4v) is 4.27. The number of thioether (sulfide) groups is 1. The van der Waals surface area contributed by atoms with E-state index in [1.807, 2.05) is 6.26 Å². The average Bonchev–Trinajstić information content (AvgIpc) is 3.24. The van der Waals surface area contributed by atoms with Crippen molar-refractivity contribution in [2.24, 2.45) is 7.05 Å². The molecule has 2 aromatic heterocycles. The van der Waals surface area contributed by atoms with Crippen LogP contribution in [0.2, 0.25) is 0 Å². The molecule has 0 unspecified atom stereocenters. The average molecular weight is 406 g/mol. The fraction of sp³-hybridized carbons (Fsp3) is 0.235. The van der Waals surface area contributed by atoms with E-state index in [-0.39, 0.29) is 16.3 Å². The normalized spacial score (nSPS) is 11.7. The minimum absolute atomic E-state index is 0.0540. The van der Waals surface area contributed by atoms with Gasteiger partial charge >= 0.3 is 0 Å². The third kappa shape index (κ3) is 3.50. The van der Waals surface area contributed by atoms with E-state index >= 15 is 0 Å². The van der Waals surface area contributed by atoms with Crippen molar-refractivity contribution in [3.8, 4) is 11.6 Å². The number of carbonyl (C=O) groups is 1. The van der Waals surface area contributed by atoms with Crippen LogP contribution in [0.4, 0.5) is 0 Å². The molecule has 3 rings (SSSR count). The van der Waals surface area contributed by atoms with Crippen LogP contribution >= 0.6 is 11.8 Å². The SMILES string of the molecule is CSCc1c(C(=O)c2cnn(C)c2O)ccc(S(C)(=O)=O)c1-n1cccn1. The summed E-state index contributed by atoms with van der Waals surface area (Å²) < 4.78 is 27.3. The molecule has 0 radical (unpaired) electrons. The minimum atomic E-state index is -3.56. The molecule has 2 heterocycles. The van der Waals surface area contributed by atoms with E-state index in [4.69, 9.17) is 0 Å². The molecule has 0 atom stereocenters. The monoisotopic (exact) mass is 406 g/mol. The summed E-state index contributed by atoms with van der Waals surface area (Å²) in [4.78, 5) is 13.1. The summed E-state index contributed by atoms with van der Waals surface area (Å²) in [5.74, 6) is -0.290. The maximum Gasteiger partial charge on any atom is 0.220 e. The molecule has 0 saturated carbocycles. The first kappa shape index (κ1) is 19.2. The number of carbonyl (C=O) groups excluding carboxylic acids is 1. The summed E-state index contributed by atoms with van der Waals surface area (Å²) in [6, 6.07) is 4.55. The number of benzene rings is 1. The van der Waals surface area contributed by atoms with E-state index in [1.54, 1.807) is 12.3 Å². The lowest BCUT2D eigenvalue weighted by Crippen LogP contribution is -2.14. The van der Waals surface area contributed by atoms with E-state index in [2.05, 4.69) is 10.2 Å². The first-order valence-electron chi connectivity index (χ1n) is 7.86. The van der Waals surface area contributed by atoms with Gasteiger partial charge in [-0.05, 0) is 24.5 Å². The Balaban J connectivity index is 2.32. The summed E-state index contributed by atoms with van der Waals surface area (Å²) in [5.41, 5.74) is 1.22. The minimum Gasteiger partial charge on any atom is -0.493 e. The van der Waals surface area contributed by atoms with Crippen LogP contribution in [0, 0.1) is 0 Å². The topological polar surface area (TPSA) is 107 Å². The number of ketones is 1. The molecule has 0 aliphatic carbocycles. The maximum atomic E-state index is 13.1. The molecule has 3 aromatic rings. The Morgan fingerprint density at radius 1 is 1.26 bits per heavy atom. The number of aromatic nitrogens is 4. The summed E-state index contributed by atoms with van der Waals surface area (Å²) in [6.07, 6.45) is 7.43. The Morgan fingerprint density at radius 3 is 2.52 bits per heavy atom. The molecule has 0 aliphatic heterocycles. The molecular weight excluding hydrogens is 388 g/mol. The van der Waals surface area contributed by atoms with Crippen LogP contribution in [0.3, 0.4) is 0 Å². The second kappa shape index (κ2) is 7.20. The highest BCUT2D eigenvalue weighted by molar-refractivity contribution is 7.97. The zero-order chi connectivity index (χ0) is 19.8. The van der Waals surface area contributed by atoms with E-state index in [1.165, 1.54) is 52.7 Å². The lowest BCUT2D eigenvalue weighted by atomic mass is 9.99. The van der Waals surface area contributed by atoms with Gasteiger partial charge in [0.05, 0.1) is 16.8 Å². The largest absolute Gasteiger partial charge is 0.493 e. The molecule has 10 heteroatoms. The van der Waals surface area contributed by atoms with E-state index < -0.39 is 15.6 Å². The molecule has 0 aliphatic rings. The zero-order valence-corrected chi connectivity index (χ0v) is 16.6. The smallest absolute Gasteiger partial charge is 0.220 e. The van der Waals surface area contributed by atoms with Crippen molar-refractivity contribution >= 4 is 27.4 Å². The van der Waals surface area contributed by atoms with Crippen LogP contribution < -0.4 is 0 Å². The summed E-state index contributed by atoms with van der Waals surface area (Å²) >= 11 is 1.45. The van der Waals surface area contributed by atoms with Crippen LogP contribution in [0.5, 0.6) is 5.88 Å². The number of sulfone groups is 1. The molecule has 27 heavy (non-hydrogen) atoms. The van der Waals surface area contributed by atoms with E-state index in [9.17, 15) is 18.3 Å². The number of hydrogen-bond acceptors (Lipinski definition) is 7. The predicted octanol–water partition coefficient (Wildman–Crippen LogP) is 1.81. The summed E-state index contributed by atoms with van der Waals surface area (Å²) in [6.45, 7) is 0. The van der Waals surface area contributed by atoms with Crippen LogP contribution in [-0.4, -0.2) is 51.4 Å². The molecule has 142 valence electrons. The van der Waals surface area contributed by atoms with Gasteiger partial charge in [0, 0.05) is 42.6 Å². The lowest BCUT2D eigenvalue weighted by molar-refractivity contribution is 0.103. The van der Waals surface area contributed by atoms with Gasteiger partial charge in [0.15, 0.2) is 15.6 Å². The second-order valence-corrected chi connectivity index (χ2v) is 8.78. The van der Waals surface area contributed by atoms with Gasteiger partial charge in [-0.25, -0.2) is 17.8 Å². The second-order valence-electron chi connectivity index (χ2n) is 5.93. The quantitative estimate of drug-likeness (QED) is 0.622. The van der Waals surface area contributed by atoms with Crippen molar-refractivity contribution in [1.82, 2.24) is 19.6 Å². The molecule has 1 N–H and O–H groups in total. The van der Waals surface area contributed by atoms with Crippen LogP contribution in [0.1, 0.15) is 21.5 Å². The number of nitrogens with zero attached hydrogens (tertiary/aromatic N) is 4. The van der Waals surface area contributed by atoms with Gasteiger partial charge in [-0.2, -0.15) is 22.0 Å². The Morgan fingerprint density at radius 2 is 2.00 bits per heavy atom. The zero-order valence-electron chi connectivity index (χ0n) is 14.9. The maximum absolute atomic E-state index is 13.1. The van der Waals surface area contributed by atoms with Gasteiger partial charge < -0.3 is 5.11 Å². The van der Waals surface area contributed by atoms with E-state index in [0.29, 0.717) is 22.6 Å². The van der Waals surface area contributed by atoms with E-state index in [0.717, 1.165) is 6.26 Å². The molecule has 8 nitrogen and oxygen atoms in total. The highest BCUT2D eigenvalue weighted by Crippen LogP contribution is 2.32. The molecule has 1 aromatic carbocycles. The van der Waals surface area contributed by atoms with Gasteiger partial charge in [-0.15, -0.1) is 0 Å². The lowest BCUT2D eigenvalue weighted by Gasteiger charge is -2.17. The van der Waals surface area contributed by atoms with Crippen molar-refractivity contribution in [3.05, 3.63) is 53.5 Å². The molecule has 0 spiro atoms. The standard InChI is InChI=1S/C17H18N4O4S2/c1-20-17(23)12(9-19-20)16(22)11-5-6-14(27(3,24)25)15(13(11)10-26-2)21-8-4-7-18-21/h4-9,23H,10H2,1-3H3. The van der Waals surface area contributed by atoms with Crippen molar-refractivity contribution in [3.63, 3.8) is 0 Å². The van der Waals surface area contributed by atoms with Crippen LogP contribution in [0.25, 0.3) is 5.69 Å². The van der Waals surface area contributed by atoms with Gasteiger partial charge in [0.2, 0.25) is 5.88 Å². The Hall–Kier alpha value is -2.59. The van der Waals surface area contributed by atoms with Crippen molar-refractivity contribution < 1.29 is 18.3 Å². The van der Waals surface area contributed by atoms with Crippen molar-refractivity contribution in [1.29, 1.82) is 0 Å². The molecule has 0 saturated heterocycles. The number of hydrogen-bond donors (Lipinski definition) is 1. The number of aromatic hydroxyl groups is 1. The predicted molar refractivity (Wildman–Crippen MR) is 102 cm³/mol. The van der Waals surface area contributed by atoms with Gasteiger partial charge in [-0.1, -0.05) is 0 Å². The van der Waals surface area contributed by atoms with Crippen molar-refractivity contribution in [2.75, 3.05) is 12.5 Å². The fourth-order valence-electron chi connectivity index (χ4n) is 2.81. The van der Waals surface area contributed by atoms with Crippen molar-refractivity contribution in [2.45, 2.75) is 10.6 Å². The highest BCUT2D eigenvalue weighted by Gasteiger charge is 2.26. The number of rotatable bonds is 6. The van der Waals surface area contributed by atoms with Crippen LogP contribution in [-0.2, 0) is 22.6 Å². The first-order chi connectivity index (χ1) is 12.8. The summed E-state index contributed by atoms with van der Waals surface area (Å²) in [7, 11) is -2.03. The summed E-state index contributed by atoms with van der Waals surface area (Å²) in [5, 5.41) is 18.1. The third-order valence-electron chi connectivity index (χ3n) is 4.06. The Kier molecular flexibility index (Phi) is 5.11. The molecule has 0 fully saturated rings. The molecular formula is C17H18N4O4S2. The van der Waals surface area contributed by atoms with Gasteiger partial charge in [0.25, 0.3) is 0 Å².